The van der Waals surface area contributed by atoms with E-state index in [1.807, 2.05) is 5.43 Å². The van der Waals surface area contributed by atoms with Crippen LogP contribution in [0.1, 0.15) is 20.7 Å². The molecule has 7 heteroatoms. The maximum absolute atomic E-state index is 11.2. The topological polar surface area (TPSA) is 118 Å². The molecule has 0 saturated heterocycles. The van der Waals surface area contributed by atoms with Gasteiger partial charge in [-0.05, 0) is 24.3 Å². The molecule has 96 valence electrons. The second-order valence-corrected chi connectivity index (χ2v) is 3.64. The molecule has 2 rings (SSSR count). The summed E-state index contributed by atoms with van der Waals surface area (Å²) >= 11 is 0. The van der Waals surface area contributed by atoms with Crippen LogP contribution >= 0.6 is 0 Å². The van der Waals surface area contributed by atoms with Crippen molar-refractivity contribution in [1.29, 1.82) is 0 Å². The predicted octanol–water partition coefficient (Wildman–Crippen LogP) is 0.445. The van der Waals surface area contributed by atoms with Gasteiger partial charge in [0.15, 0.2) is 0 Å². The minimum atomic E-state index is -1.04. The third kappa shape index (κ3) is 2.72. The van der Waals surface area contributed by atoms with Crippen LogP contribution < -0.4 is 11.3 Å². The molecule has 0 unspecified atom stereocenters. The molecule has 2 aromatic heterocycles. The van der Waals surface area contributed by atoms with E-state index in [1.54, 1.807) is 18.2 Å². The third-order valence-corrected chi connectivity index (χ3v) is 2.43. The minimum absolute atomic E-state index is 0.0999. The van der Waals surface area contributed by atoms with Crippen molar-refractivity contribution in [3.63, 3.8) is 0 Å². The Balaban J connectivity index is 2.27. The lowest BCUT2D eigenvalue weighted by Crippen LogP contribution is -2.30. The summed E-state index contributed by atoms with van der Waals surface area (Å²) < 4.78 is 0. The summed E-state index contributed by atoms with van der Waals surface area (Å²) in [6.45, 7) is 0. The quantitative estimate of drug-likeness (QED) is 0.417. The van der Waals surface area contributed by atoms with E-state index in [-0.39, 0.29) is 5.56 Å². The molecule has 4 N–H and O–H groups in total. The van der Waals surface area contributed by atoms with Gasteiger partial charge in [-0.2, -0.15) is 0 Å². The highest BCUT2D eigenvalue weighted by Crippen LogP contribution is 2.14. The van der Waals surface area contributed by atoms with Gasteiger partial charge in [0, 0.05) is 12.4 Å². The van der Waals surface area contributed by atoms with E-state index in [9.17, 15) is 9.59 Å². The minimum Gasteiger partial charge on any atom is -0.478 e. The molecule has 0 saturated carbocycles. The van der Waals surface area contributed by atoms with Crippen molar-refractivity contribution in [2.75, 3.05) is 0 Å². The molecule has 2 heterocycles. The second-order valence-electron chi connectivity index (χ2n) is 3.64. The van der Waals surface area contributed by atoms with Crippen LogP contribution in [0, 0.1) is 0 Å². The fourth-order valence-electron chi connectivity index (χ4n) is 1.43. The average molecular weight is 258 g/mol. The predicted molar refractivity (Wildman–Crippen MR) is 66.1 cm³/mol. The van der Waals surface area contributed by atoms with Gasteiger partial charge in [-0.1, -0.05) is 0 Å². The zero-order valence-electron chi connectivity index (χ0n) is 9.70. The van der Waals surface area contributed by atoms with Crippen molar-refractivity contribution in [3.8, 4) is 11.4 Å². The van der Waals surface area contributed by atoms with Crippen molar-refractivity contribution in [1.82, 2.24) is 15.4 Å². The van der Waals surface area contributed by atoms with Crippen molar-refractivity contribution < 1.29 is 14.7 Å². The Kier molecular flexibility index (Phi) is 3.48. The SMILES string of the molecule is NNC(=O)c1ccc(-c2ccc(C(=O)O)cn2)nc1. The van der Waals surface area contributed by atoms with E-state index in [0.717, 1.165) is 0 Å². The van der Waals surface area contributed by atoms with Crippen molar-refractivity contribution in [2.24, 2.45) is 5.84 Å². The molecule has 0 bridgehead atoms. The van der Waals surface area contributed by atoms with Gasteiger partial charge in [0.1, 0.15) is 0 Å². The Hall–Kier alpha value is -2.80. The van der Waals surface area contributed by atoms with E-state index in [4.69, 9.17) is 10.9 Å². The van der Waals surface area contributed by atoms with Crippen LogP contribution in [0.2, 0.25) is 0 Å². The summed E-state index contributed by atoms with van der Waals surface area (Å²) in [5.41, 5.74) is 3.48. The van der Waals surface area contributed by atoms with E-state index >= 15 is 0 Å². The van der Waals surface area contributed by atoms with Crippen molar-refractivity contribution in [2.45, 2.75) is 0 Å². The van der Waals surface area contributed by atoms with Gasteiger partial charge in [0.05, 0.1) is 22.5 Å². The Bertz CT molecular complexity index is 608. The number of nitrogens with two attached hydrogens (primary N) is 1. The molecule has 2 aromatic rings. The largest absolute Gasteiger partial charge is 0.478 e. The zero-order chi connectivity index (χ0) is 13.8. The number of nitrogens with zero attached hydrogens (tertiary/aromatic N) is 2. The molecular weight excluding hydrogens is 248 g/mol. The number of hydrogen-bond donors (Lipinski definition) is 3. The van der Waals surface area contributed by atoms with Crippen LogP contribution in [0.3, 0.4) is 0 Å². The molecule has 1 amide bonds. The fourth-order valence-corrected chi connectivity index (χ4v) is 1.43. The van der Waals surface area contributed by atoms with E-state index in [2.05, 4.69) is 9.97 Å². The number of nitrogens with one attached hydrogen (secondary N) is 1. The number of carboxylic acid groups (broad SMARTS) is 1. The lowest BCUT2D eigenvalue weighted by Gasteiger charge is -2.02. The number of carboxylic acids is 1. The van der Waals surface area contributed by atoms with E-state index in [1.165, 1.54) is 18.5 Å². The summed E-state index contributed by atoms with van der Waals surface area (Å²) in [4.78, 5) is 30.0. The molecule has 0 radical (unpaired) electrons. The first-order valence-corrected chi connectivity index (χ1v) is 5.28. The highest BCUT2D eigenvalue weighted by atomic mass is 16.4. The lowest BCUT2D eigenvalue weighted by atomic mass is 10.2. The summed E-state index contributed by atoms with van der Waals surface area (Å²) in [6.07, 6.45) is 2.62. The maximum atomic E-state index is 11.2. The molecule has 0 atom stereocenters. The van der Waals surface area contributed by atoms with Crippen molar-refractivity contribution >= 4 is 11.9 Å². The number of carbonyl (C=O) groups is 2. The highest BCUT2D eigenvalue weighted by molar-refractivity contribution is 5.93. The fraction of sp³-hybridized carbons (Fsp3) is 0. The molecule has 7 nitrogen and oxygen atoms in total. The first kappa shape index (κ1) is 12.7. The molecule has 19 heavy (non-hydrogen) atoms. The second kappa shape index (κ2) is 5.23. The molecular formula is C12H10N4O3. The highest BCUT2D eigenvalue weighted by Gasteiger charge is 2.07. The molecule has 0 aliphatic carbocycles. The number of amides is 1. The summed E-state index contributed by atoms with van der Waals surface area (Å²) in [7, 11) is 0. The molecule has 0 aliphatic heterocycles. The zero-order valence-corrected chi connectivity index (χ0v) is 9.70. The van der Waals surface area contributed by atoms with Gasteiger partial charge in [0.25, 0.3) is 5.91 Å². The van der Waals surface area contributed by atoms with Crippen LogP contribution in [-0.4, -0.2) is 27.0 Å². The number of hydrazine groups is 1. The molecule has 0 aliphatic rings. The van der Waals surface area contributed by atoms with Crippen LogP contribution in [0.5, 0.6) is 0 Å². The lowest BCUT2D eigenvalue weighted by molar-refractivity contribution is 0.0696. The number of aromatic nitrogens is 2. The van der Waals surface area contributed by atoms with E-state index in [0.29, 0.717) is 17.0 Å². The number of carbonyl (C=O) groups excluding carboxylic acids is 1. The molecule has 0 aromatic carbocycles. The van der Waals surface area contributed by atoms with Crippen LogP contribution in [0.4, 0.5) is 0 Å². The van der Waals surface area contributed by atoms with Crippen LogP contribution in [0.15, 0.2) is 36.7 Å². The summed E-state index contributed by atoms with van der Waals surface area (Å²) in [6, 6.07) is 6.14. The third-order valence-electron chi connectivity index (χ3n) is 2.43. The Morgan fingerprint density at radius 2 is 1.53 bits per heavy atom. The number of aromatic carboxylic acids is 1. The molecule has 0 spiro atoms. The number of rotatable bonds is 3. The summed E-state index contributed by atoms with van der Waals surface area (Å²) in [5, 5.41) is 8.76. The Labute approximate surface area is 108 Å². The first-order valence-electron chi connectivity index (χ1n) is 5.28. The molecule has 0 fully saturated rings. The van der Waals surface area contributed by atoms with E-state index < -0.39 is 11.9 Å². The van der Waals surface area contributed by atoms with Gasteiger partial charge in [-0.3, -0.25) is 20.2 Å². The standard InChI is InChI=1S/C12H10N4O3/c13-16-11(17)7-1-3-9(14-5-7)10-4-2-8(6-15-10)12(18)19/h1-6H,13H2,(H,16,17)(H,18,19). The average Bonchev–Trinajstić information content (AvgIpc) is 2.46. The van der Waals surface area contributed by atoms with Gasteiger partial charge in [-0.15, -0.1) is 0 Å². The van der Waals surface area contributed by atoms with Crippen molar-refractivity contribution in [3.05, 3.63) is 47.8 Å². The normalized spacial score (nSPS) is 9.95. The monoisotopic (exact) mass is 258 g/mol. The van der Waals surface area contributed by atoms with Gasteiger partial charge >= 0.3 is 5.97 Å². The number of nitrogen functional groups attached to an aromatic ring is 1. The van der Waals surface area contributed by atoms with Gasteiger partial charge in [-0.25, -0.2) is 10.6 Å². The van der Waals surface area contributed by atoms with Crippen LogP contribution in [0.25, 0.3) is 11.4 Å². The van der Waals surface area contributed by atoms with Crippen LogP contribution in [-0.2, 0) is 0 Å². The van der Waals surface area contributed by atoms with Gasteiger partial charge in [0.2, 0.25) is 0 Å². The first-order chi connectivity index (χ1) is 9.11. The number of pyridine rings is 2. The Morgan fingerprint density at radius 1 is 1.00 bits per heavy atom. The summed E-state index contributed by atoms with van der Waals surface area (Å²) in [5.74, 6) is 3.53. The van der Waals surface area contributed by atoms with Gasteiger partial charge < -0.3 is 5.11 Å². The maximum Gasteiger partial charge on any atom is 0.337 e. The Morgan fingerprint density at radius 3 is 1.89 bits per heavy atom. The number of hydrogen-bond acceptors (Lipinski definition) is 5. The smallest absolute Gasteiger partial charge is 0.337 e.